The van der Waals surface area contributed by atoms with E-state index < -0.39 is 0 Å². The van der Waals surface area contributed by atoms with Crippen molar-refractivity contribution in [2.45, 2.75) is 20.0 Å². The van der Waals surface area contributed by atoms with E-state index in [-0.39, 0.29) is 29.8 Å². The van der Waals surface area contributed by atoms with Gasteiger partial charge in [-0.3, -0.25) is 0 Å². The van der Waals surface area contributed by atoms with Crippen LogP contribution in [0.3, 0.4) is 0 Å². The molecule has 26 heavy (non-hydrogen) atoms. The monoisotopic (exact) mass is 467 g/mol. The Bertz CT molecular complexity index is 873. The van der Waals surface area contributed by atoms with E-state index >= 15 is 0 Å². The van der Waals surface area contributed by atoms with Gasteiger partial charge in [-0.2, -0.15) is 0 Å². The molecule has 0 radical (unpaired) electrons. The molecule has 0 aliphatic rings. The Hall–Kier alpha value is -2.16. The molecule has 5 nitrogen and oxygen atoms in total. The van der Waals surface area contributed by atoms with Gasteiger partial charge in [-0.15, -0.1) is 24.0 Å². The fourth-order valence-corrected chi connectivity index (χ4v) is 2.62. The maximum atomic E-state index is 13.0. The number of nitrogens with one attached hydrogen (secondary N) is 2. The van der Waals surface area contributed by atoms with Gasteiger partial charge in [0.25, 0.3) is 0 Å². The number of para-hydroxylation sites is 2. The van der Waals surface area contributed by atoms with Crippen molar-refractivity contribution < 1.29 is 4.39 Å². The number of aliphatic imine (C=N–C) groups is 1. The first kappa shape index (κ1) is 20.2. The first-order valence-electron chi connectivity index (χ1n) is 8.34. The van der Waals surface area contributed by atoms with Crippen LogP contribution in [0.2, 0.25) is 0 Å². The minimum Gasteiger partial charge on any atom is -0.357 e. The molecule has 7 heteroatoms. The zero-order chi connectivity index (χ0) is 17.6. The maximum Gasteiger partial charge on any atom is 0.191 e. The molecule has 0 fully saturated rings. The predicted octanol–water partition coefficient (Wildman–Crippen LogP) is 3.59. The van der Waals surface area contributed by atoms with Crippen molar-refractivity contribution in [3.05, 3.63) is 65.7 Å². The van der Waals surface area contributed by atoms with Crippen molar-refractivity contribution in [1.29, 1.82) is 0 Å². The van der Waals surface area contributed by atoms with Gasteiger partial charge in [-0.1, -0.05) is 24.3 Å². The Labute approximate surface area is 169 Å². The summed E-state index contributed by atoms with van der Waals surface area (Å²) in [6.45, 7) is 3.83. The van der Waals surface area contributed by atoms with Crippen molar-refractivity contribution in [3.63, 3.8) is 0 Å². The highest BCUT2D eigenvalue weighted by Crippen LogP contribution is 2.13. The number of imidazole rings is 1. The lowest BCUT2D eigenvalue weighted by Crippen LogP contribution is -2.37. The maximum absolute atomic E-state index is 13.0. The summed E-state index contributed by atoms with van der Waals surface area (Å²) < 4.78 is 15.0. The summed E-state index contributed by atoms with van der Waals surface area (Å²) in [6, 6.07) is 14.4. The number of benzene rings is 2. The molecule has 1 aromatic heterocycles. The van der Waals surface area contributed by atoms with Crippen molar-refractivity contribution in [2.75, 3.05) is 6.54 Å². The molecule has 138 valence electrons. The number of fused-ring (bicyclic) bond motifs is 1. The van der Waals surface area contributed by atoms with Crippen LogP contribution >= 0.6 is 24.0 Å². The molecule has 0 aliphatic carbocycles. The molecule has 3 rings (SSSR count). The smallest absolute Gasteiger partial charge is 0.191 e. The third-order valence-corrected chi connectivity index (χ3v) is 3.97. The van der Waals surface area contributed by atoms with Gasteiger partial charge in [-0.05, 0) is 36.8 Å². The molecule has 0 amide bonds. The van der Waals surface area contributed by atoms with E-state index in [9.17, 15) is 4.39 Å². The summed E-state index contributed by atoms with van der Waals surface area (Å²) >= 11 is 0. The molecular formula is C19H23FIN5. The van der Waals surface area contributed by atoms with Gasteiger partial charge in [0.05, 0.1) is 24.1 Å². The van der Waals surface area contributed by atoms with E-state index in [4.69, 9.17) is 0 Å². The molecule has 0 unspecified atom stereocenters. The van der Waals surface area contributed by atoms with Crippen LogP contribution in [0.1, 0.15) is 18.3 Å². The highest BCUT2D eigenvalue weighted by Gasteiger charge is 2.07. The van der Waals surface area contributed by atoms with Crippen LogP contribution in [-0.4, -0.2) is 22.1 Å². The number of hydrogen-bond acceptors (Lipinski definition) is 2. The molecule has 0 bridgehead atoms. The van der Waals surface area contributed by atoms with Crippen LogP contribution < -0.4 is 10.6 Å². The number of rotatable bonds is 5. The number of halogens is 2. The highest BCUT2D eigenvalue weighted by molar-refractivity contribution is 14.0. The van der Waals surface area contributed by atoms with Crippen LogP contribution in [0, 0.1) is 5.82 Å². The second kappa shape index (κ2) is 9.51. The van der Waals surface area contributed by atoms with Crippen LogP contribution in [0.15, 0.2) is 53.5 Å². The molecule has 0 aliphatic heterocycles. The fourth-order valence-electron chi connectivity index (χ4n) is 2.62. The lowest BCUT2D eigenvalue weighted by atomic mass is 10.2. The Morgan fingerprint density at radius 2 is 1.85 bits per heavy atom. The Morgan fingerprint density at radius 3 is 2.54 bits per heavy atom. The van der Waals surface area contributed by atoms with E-state index in [1.165, 1.54) is 12.1 Å². The molecule has 0 spiro atoms. The number of guanidine groups is 1. The summed E-state index contributed by atoms with van der Waals surface area (Å²) in [5.41, 5.74) is 3.05. The second-order valence-electron chi connectivity index (χ2n) is 5.75. The predicted molar refractivity (Wildman–Crippen MR) is 114 cm³/mol. The molecule has 0 saturated carbocycles. The zero-order valence-electron chi connectivity index (χ0n) is 14.9. The summed E-state index contributed by atoms with van der Waals surface area (Å²) in [5.74, 6) is 1.41. The van der Waals surface area contributed by atoms with Crippen LogP contribution in [0.25, 0.3) is 11.0 Å². The average molecular weight is 467 g/mol. The van der Waals surface area contributed by atoms with Gasteiger partial charge in [0.15, 0.2) is 5.96 Å². The summed E-state index contributed by atoms with van der Waals surface area (Å²) in [6.07, 6.45) is 0. The van der Waals surface area contributed by atoms with E-state index in [1.807, 2.05) is 32.2 Å². The van der Waals surface area contributed by atoms with Gasteiger partial charge in [-0.25, -0.2) is 14.4 Å². The van der Waals surface area contributed by atoms with Gasteiger partial charge in [0, 0.05) is 13.6 Å². The number of nitrogens with zero attached hydrogens (tertiary/aromatic N) is 3. The summed E-state index contributed by atoms with van der Waals surface area (Å²) in [5, 5.41) is 6.52. The first-order valence-corrected chi connectivity index (χ1v) is 8.34. The molecule has 0 atom stereocenters. The van der Waals surface area contributed by atoms with Gasteiger partial charge < -0.3 is 15.2 Å². The van der Waals surface area contributed by atoms with E-state index in [1.54, 1.807) is 12.1 Å². The Balaban J connectivity index is 0.00000243. The van der Waals surface area contributed by atoms with Crippen LogP contribution in [-0.2, 0) is 20.1 Å². The number of aryl methyl sites for hydroxylation is 1. The minimum absolute atomic E-state index is 0. The molecule has 2 aromatic carbocycles. The molecule has 2 N–H and O–H groups in total. The van der Waals surface area contributed by atoms with E-state index in [0.29, 0.717) is 19.0 Å². The lowest BCUT2D eigenvalue weighted by Gasteiger charge is -2.11. The normalized spacial score (nSPS) is 11.3. The van der Waals surface area contributed by atoms with Crippen molar-refractivity contribution in [1.82, 2.24) is 20.2 Å². The molecule has 3 aromatic rings. The van der Waals surface area contributed by atoms with Crippen molar-refractivity contribution in [2.24, 2.45) is 12.0 Å². The summed E-state index contributed by atoms with van der Waals surface area (Å²) in [7, 11) is 2.01. The Kier molecular flexibility index (Phi) is 7.38. The third-order valence-electron chi connectivity index (χ3n) is 3.97. The van der Waals surface area contributed by atoms with Crippen molar-refractivity contribution in [3.8, 4) is 0 Å². The standard InChI is InChI=1S/C19H22FN5.HI/c1-3-21-19(22-12-14-8-10-15(20)11-9-14)23-13-18-24-16-6-4-5-7-17(16)25(18)2;/h4-11H,3,12-13H2,1-2H3,(H2,21,22,23);1H. The van der Waals surface area contributed by atoms with Gasteiger partial charge in [0.1, 0.15) is 11.6 Å². The number of aromatic nitrogens is 2. The van der Waals surface area contributed by atoms with Crippen LogP contribution in [0.5, 0.6) is 0 Å². The topological polar surface area (TPSA) is 54.2 Å². The second-order valence-corrected chi connectivity index (χ2v) is 5.75. The van der Waals surface area contributed by atoms with Crippen LogP contribution in [0.4, 0.5) is 4.39 Å². The van der Waals surface area contributed by atoms with Crippen molar-refractivity contribution >= 4 is 41.0 Å². The summed E-state index contributed by atoms with van der Waals surface area (Å²) in [4.78, 5) is 9.20. The lowest BCUT2D eigenvalue weighted by molar-refractivity contribution is 0.627. The highest BCUT2D eigenvalue weighted by atomic mass is 127. The molecular weight excluding hydrogens is 444 g/mol. The fraction of sp³-hybridized carbons (Fsp3) is 0.263. The van der Waals surface area contributed by atoms with Gasteiger partial charge >= 0.3 is 0 Å². The van der Waals surface area contributed by atoms with E-state index in [2.05, 4.69) is 31.2 Å². The average Bonchev–Trinajstić information content (AvgIpc) is 2.95. The third kappa shape index (κ3) is 4.94. The number of hydrogen-bond donors (Lipinski definition) is 2. The van der Waals surface area contributed by atoms with Gasteiger partial charge in [0.2, 0.25) is 0 Å². The molecule has 1 heterocycles. The molecule has 0 saturated heterocycles. The zero-order valence-corrected chi connectivity index (χ0v) is 17.2. The quantitative estimate of drug-likeness (QED) is 0.343. The van der Waals surface area contributed by atoms with E-state index in [0.717, 1.165) is 29.0 Å². The largest absolute Gasteiger partial charge is 0.357 e. The Morgan fingerprint density at radius 1 is 1.12 bits per heavy atom. The SMILES string of the molecule is CCNC(=NCc1ccc(F)cc1)NCc1nc2ccccc2n1C.I. The first-order chi connectivity index (χ1) is 12.2. The minimum atomic E-state index is -0.236.